The number of nitrogens with zero attached hydrogens (tertiary/aromatic N) is 4. The van der Waals surface area contributed by atoms with Crippen LogP contribution in [0.2, 0.25) is 0 Å². The van der Waals surface area contributed by atoms with Crippen LogP contribution in [-0.4, -0.2) is 33.7 Å². The maximum atomic E-state index is 13.6. The molecule has 2 aromatic heterocycles. The molecule has 150 valence electrons. The molecule has 4 aliphatic rings. The van der Waals surface area contributed by atoms with Gasteiger partial charge in [-0.1, -0.05) is 6.07 Å². The van der Waals surface area contributed by atoms with Crippen molar-refractivity contribution >= 4 is 12.1 Å². The Bertz CT molecular complexity index is 985. The van der Waals surface area contributed by atoms with E-state index < -0.39 is 0 Å². The van der Waals surface area contributed by atoms with Crippen LogP contribution in [0.15, 0.2) is 35.6 Å². The van der Waals surface area contributed by atoms with Gasteiger partial charge in [-0.15, -0.1) is 0 Å². The zero-order valence-electron chi connectivity index (χ0n) is 16.6. The van der Waals surface area contributed by atoms with Crippen LogP contribution in [0, 0.1) is 30.5 Å². The van der Waals surface area contributed by atoms with Gasteiger partial charge in [0.25, 0.3) is 0 Å². The lowest BCUT2D eigenvalue weighted by molar-refractivity contribution is -0.227. The number of hydrogen-bond acceptors (Lipinski definition) is 5. The van der Waals surface area contributed by atoms with Gasteiger partial charge in [0.15, 0.2) is 0 Å². The number of halogens is 1. The molecular formula is C22H23FN4O2. The average Bonchev–Trinajstić information content (AvgIpc) is 3.13. The SMILES string of the molecule is Cc1ccc(OCC23CC(C(=O)N4N=CCC4c4ccc(F)c(C)n4)(C2)C3)nc1. The maximum absolute atomic E-state index is 13.6. The van der Waals surface area contributed by atoms with Gasteiger partial charge in [-0.25, -0.2) is 14.4 Å². The van der Waals surface area contributed by atoms with Crippen molar-refractivity contribution in [3.8, 4) is 5.88 Å². The molecule has 7 heteroatoms. The molecule has 0 saturated heterocycles. The van der Waals surface area contributed by atoms with Crippen LogP contribution in [0.5, 0.6) is 5.88 Å². The van der Waals surface area contributed by atoms with Crippen LogP contribution in [-0.2, 0) is 4.79 Å². The summed E-state index contributed by atoms with van der Waals surface area (Å²) < 4.78 is 19.4. The van der Waals surface area contributed by atoms with Crippen LogP contribution < -0.4 is 4.74 Å². The third kappa shape index (κ3) is 2.91. The molecule has 1 aliphatic heterocycles. The Kier molecular flexibility index (Phi) is 3.98. The molecule has 3 heterocycles. The Balaban J connectivity index is 1.22. The van der Waals surface area contributed by atoms with Gasteiger partial charge in [-0.2, -0.15) is 5.10 Å². The number of carbonyl (C=O) groups is 1. The third-order valence-electron chi connectivity index (χ3n) is 6.43. The number of carbonyl (C=O) groups excluding carboxylic acids is 1. The number of aromatic nitrogens is 2. The normalized spacial score (nSPS) is 29.3. The highest BCUT2D eigenvalue weighted by atomic mass is 19.1. The molecule has 3 saturated carbocycles. The van der Waals surface area contributed by atoms with Crippen molar-refractivity contribution in [1.29, 1.82) is 0 Å². The zero-order valence-corrected chi connectivity index (χ0v) is 16.6. The van der Waals surface area contributed by atoms with Gasteiger partial charge in [0.05, 0.1) is 23.4 Å². The lowest BCUT2D eigenvalue weighted by Crippen LogP contribution is -2.69. The molecule has 29 heavy (non-hydrogen) atoms. The predicted molar refractivity (Wildman–Crippen MR) is 105 cm³/mol. The van der Waals surface area contributed by atoms with Crippen molar-refractivity contribution in [3.63, 3.8) is 0 Å². The molecule has 0 spiro atoms. The van der Waals surface area contributed by atoms with Crippen LogP contribution >= 0.6 is 0 Å². The number of amides is 1. The molecule has 0 N–H and O–H groups in total. The number of hydrazone groups is 1. The maximum Gasteiger partial charge on any atom is 0.249 e. The van der Waals surface area contributed by atoms with Gasteiger partial charge in [-0.3, -0.25) is 9.78 Å². The van der Waals surface area contributed by atoms with E-state index in [4.69, 9.17) is 4.74 Å². The molecule has 2 aromatic rings. The first-order chi connectivity index (χ1) is 13.9. The molecule has 2 bridgehead atoms. The predicted octanol–water partition coefficient (Wildman–Crippen LogP) is 3.74. The van der Waals surface area contributed by atoms with Gasteiger partial charge in [0.2, 0.25) is 11.8 Å². The Morgan fingerprint density at radius 2 is 2.03 bits per heavy atom. The summed E-state index contributed by atoms with van der Waals surface area (Å²) in [5, 5.41) is 5.89. The fourth-order valence-electron chi connectivity index (χ4n) is 4.99. The molecule has 1 unspecified atom stereocenters. The van der Waals surface area contributed by atoms with Gasteiger partial charge in [0.1, 0.15) is 11.9 Å². The summed E-state index contributed by atoms with van der Waals surface area (Å²) in [5.41, 5.74) is 1.86. The van der Waals surface area contributed by atoms with Crippen molar-refractivity contribution in [3.05, 3.63) is 53.2 Å². The van der Waals surface area contributed by atoms with Gasteiger partial charge >= 0.3 is 0 Å². The van der Waals surface area contributed by atoms with Crippen LogP contribution in [0.25, 0.3) is 0 Å². The molecule has 6 rings (SSSR count). The largest absolute Gasteiger partial charge is 0.477 e. The van der Waals surface area contributed by atoms with E-state index in [1.807, 2.05) is 19.1 Å². The summed E-state index contributed by atoms with van der Waals surface area (Å²) in [5.74, 6) is 0.341. The van der Waals surface area contributed by atoms with Crippen molar-refractivity contribution in [2.75, 3.05) is 6.61 Å². The molecule has 1 atom stereocenters. The Hall–Kier alpha value is -2.83. The Morgan fingerprint density at radius 3 is 2.72 bits per heavy atom. The lowest BCUT2D eigenvalue weighted by atomic mass is 9.35. The lowest BCUT2D eigenvalue weighted by Gasteiger charge is -2.69. The number of rotatable bonds is 5. The highest BCUT2D eigenvalue weighted by Crippen LogP contribution is 2.74. The first kappa shape index (κ1) is 18.2. The van der Waals surface area contributed by atoms with E-state index in [1.165, 1.54) is 6.07 Å². The summed E-state index contributed by atoms with van der Waals surface area (Å²) in [4.78, 5) is 21.8. The number of aryl methyl sites for hydroxylation is 2. The van der Waals surface area contributed by atoms with Gasteiger partial charge in [-0.05, 0) is 50.8 Å². The first-order valence-electron chi connectivity index (χ1n) is 9.95. The molecule has 6 nitrogen and oxygen atoms in total. The molecular weight excluding hydrogens is 371 g/mol. The summed E-state index contributed by atoms with van der Waals surface area (Å²) in [6, 6.07) is 6.66. The minimum absolute atomic E-state index is 0.0513. The molecule has 3 fully saturated rings. The second-order valence-electron chi connectivity index (χ2n) is 8.78. The topological polar surface area (TPSA) is 67.7 Å². The number of pyridine rings is 2. The summed E-state index contributed by atoms with van der Waals surface area (Å²) >= 11 is 0. The zero-order chi connectivity index (χ0) is 20.2. The van der Waals surface area contributed by atoms with E-state index in [2.05, 4.69) is 15.1 Å². The standard InChI is InChI=1S/C22H23FN4O2/c1-14-3-6-19(24-9-14)29-13-21-10-22(11-21,12-21)20(28)27-18(7-8-25-27)17-5-4-16(23)15(2)26-17/h3-6,8-9,18H,7,10-13H2,1-2H3. The highest BCUT2D eigenvalue weighted by Gasteiger charge is 2.73. The van der Waals surface area contributed by atoms with Crippen molar-refractivity contribution < 1.29 is 13.9 Å². The summed E-state index contributed by atoms with van der Waals surface area (Å²) in [6.45, 7) is 4.21. The third-order valence-corrected chi connectivity index (χ3v) is 6.43. The Labute approximate surface area is 168 Å². The Morgan fingerprint density at radius 1 is 1.24 bits per heavy atom. The first-order valence-corrected chi connectivity index (χ1v) is 9.95. The van der Waals surface area contributed by atoms with Crippen molar-refractivity contribution in [2.24, 2.45) is 15.9 Å². The molecule has 1 amide bonds. The van der Waals surface area contributed by atoms with E-state index in [9.17, 15) is 9.18 Å². The minimum atomic E-state index is -0.338. The monoisotopic (exact) mass is 394 g/mol. The van der Waals surface area contributed by atoms with E-state index in [-0.39, 0.29) is 28.6 Å². The summed E-state index contributed by atoms with van der Waals surface area (Å²) in [7, 11) is 0. The van der Waals surface area contributed by atoms with Crippen LogP contribution in [0.4, 0.5) is 4.39 Å². The van der Waals surface area contributed by atoms with E-state index in [0.717, 1.165) is 24.8 Å². The second-order valence-corrected chi connectivity index (χ2v) is 8.78. The molecule has 0 aromatic carbocycles. The quantitative estimate of drug-likeness (QED) is 0.775. The van der Waals surface area contributed by atoms with E-state index in [1.54, 1.807) is 30.4 Å². The molecule has 0 radical (unpaired) electrons. The van der Waals surface area contributed by atoms with Gasteiger partial charge < -0.3 is 4.74 Å². The number of ether oxygens (including phenoxy) is 1. The second kappa shape index (κ2) is 6.34. The fraction of sp³-hybridized carbons (Fsp3) is 0.455. The van der Waals surface area contributed by atoms with Crippen molar-refractivity contribution in [2.45, 2.75) is 45.6 Å². The van der Waals surface area contributed by atoms with E-state index in [0.29, 0.717) is 30.3 Å². The average molecular weight is 394 g/mol. The van der Waals surface area contributed by atoms with Crippen LogP contribution in [0.3, 0.4) is 0 Å². The highest BCUT2D eigenvalue weighted by molar-refractivity contribution is 5.88. The number of hydrogen-bond donors (Lipinski definition) is 0. The fourth-order valence-corrected chi connectivity index (χ4v) is 4.99. The van der Waals surface area contributed by atoms with Crippen molar-refractivity contribution in [1.82, 2.24) is 15.0 Å². The summed E-state index contributed by atoms with van der Waals surface area (Å²) in [6.07, 6.45) is 6.60. The minimum Gasteiger partial charge on any atom is -0.477 e. The van der Waals surface area contributed by atoms with Gasteiger partial charge in [0, 0.05) is 30.3 Å². The molecule has 3 aliphatic carbocycles. The smallest absolute Gasteiger partial charge is 0.249 e. The van der Waals surface area contributed by atoms with E-state index >= 15 is 0 Å². The van der Waals surface area contributed by atoms with Crippen LogP contribution in [0.1, 0.15) is 48.7 Å².